The molecule has 124 valence electrons. The van der Waals surface area contributed by atoms with Gasteiger partial charge >= 0.3 is 0 Å². The summed E-state index contributed by atoms with van der Waals surface area (Å²) in [6.45, 7) is 7.08. The zero-order valence-electron chi connectivity index (χ0n) is 14.1. The van der Waals surface area contributed by atoms with Crippen LogP contribution in [-0.4, -0.2) is 32.8 Å². The first-order chi connectivity index (χ1) is 11.7. The number of hydrogen-bond acceptors (Lipinski definition) is 4. The van der Waals surface area contributed by atoms with Crippen molar-refractivity contribution in [2.24, 2.45) is 0 Å². The van der Waals surface area contributed by atoms with E-state index >= 15 is 0 Å². The van der Waals surface area contributed by atoms with Crippen molar-refractivity contribution in [1.82, 2.24) is 19.7 Å². The zero-order chi connectivity index (χ0) is 16.5. The molecule has 3 aromatic rings. The molecule has 0 saturated carbocycles. The van der Waals surface area contributed by atoms with Crippen LogP contribution in [0.1, 0.15) is 29.5 Å². The van der Waals surface area contributed by atoms with Gasteiger partial charge in [0.1, 0.15) is 6.26 Å². The van der Waals surface area contributed by atoms with E-state index in [-0.39, 0.29) is 0 Å². The molecule has 0 N–H and O–H groups in total. The van der Waals surface area contributed by atoms with E-state index in [1.54, 1.807) is 6.26 Å². The molecule has 0 amide bonds. The third-order valence-corrected chi connectivity index (χ3v) is 4.60. The highest BCUT2D eigenvalue weighted by Crippen LogP contribution is 2.25. The highest BCUT2D eigenvalue weighted by atomic mass is 16.3. The van der Waals surface area contributed by atoms with Crippen LogP contribution in [0.5, 0.6) is 0 Å². The van der Waals surface area contributed by atoms with Gasteiger partial charge in [0.25, 0.3) is 0 Å². The second-order valence-corrected chi connectivity index (χ2v) is 6.56. The first kappa shape index (κ1) is 15.1. The van der Waals surface area contributed by atoms with Gasteiger partial charge in [-0.3, -0.25) is 9.58 Å². The van der Waals surface area contributed by atoms with Crippen molar-refractivity contribution >= 4 is 0 Å². The van der Waals surface area contributed by atoms with E-state index in [4.69, 9.17) is 4.42 Å². The Hall–Kier alpha value is -2.40. The number of likely N-dealkylation sites (tertiary alicyclic amines) is 1. The van der Waals surface area contributed by atoms with Crippen LogP contribution < -0.4 is 0 Å². The first-order valence-corrected chi connectivity index (χ1v) is 8.44. The van der Waals surface area contributed by atoms with Crippen LogP contribution >= 0.6 is 0 Å². The molecular formula is C19H22N4O. The molecule has 0 aliphatic carbocycles. The molecule has 1 aliphatic heterocycles. The summed E-state index contributed by atoms with van der Waals surface area (Å²) in [4.78, 5) is 7.06. The average Bonchev–Trinajstić information content (AvgIpc) is 3.29. The predicted octanol–water partition coefficient (Wildman–Crippen LogP) is 3.60. The van der Waals surface area contributed by atoms with Crippen molar-refractivity contribution < 1.29 is 4.42 Å². The van der Waals surface area contributed by atoms with Gasteiger partial charge in [0.2, 0.25) is 5.89 Å². The molecule has 1 atom stereocenters. The Balaban J connectivity index is 1.42. The van der Waals surface area contributed by atoms with Crippen LogP contribution in [0.15, 0.2) is 47.1 Å². The third kappa shape index (κ3) is 2.99. The molecule has 1 aromatic carbocycles. The van der Waals surface area contributed by atoms with Gasteiger partial charge in [-0.1, -0.05) is 18.2 Å². The Morgan fingerprint density at radius 1 is 1.21 bits per heavy atom. The van der Waals surface area contributed by atoms with Gasteiger partial charge in [-0.25, -0.2) is 4.98 Å². The van der Waals surface area contributed by atoms with E-state index in [0.29, 0.717) is 11.9 Å². The molecule has 1 fully saturated rings. The third-order valence-electron chi connectivity index (χ3n) is 4.60. The van der Waals surface area contributed by atoms with Gasteiger partial charge in [0.05, 0.1) is 17.4 Å². The summed E-state index contributed by atoms with van der Waals surface area (Å²) in [6, 6.07) is 12.6. The second kappa shape index (κ2) is 6.24. The average molecular weight is 322 g/mol. The van der Waals surface area contributed by atoms with Crippen molar-refractivity contribution in [3.05, 3.63) is 59.7 Å². The SMILES string of the molecule is Cc1cc(C)n(C2CCN(Cc3coc(-c4ccccc4)n3)C2)n1. The van der Waals surface area contributed by atoms with Gasteiger partial charge in [-0.05, 0) is 38.5 Å². The van der Waals surface area contributed by atoms with E-state index in [2.05, 4.69) is 39.6 Å². The van der Waals surface area contributed by atoms with Gasteiger partial charge < -0.3 is 4.42 Å². The minimum Gasteiger partial charge on any atom is -0.444 e. The van der Waals surface area contributed by atoms with E-state index in [0.717, 1.165) is 43.0 Å². The Bertz CT molecular complexity index is 821. The fraction of sp³-hybridized carbons (Fsp3) is 0.368. The second-order valence-electron chi connectivity index (χ2n) is 6.56. The Morgan fingerprint density at radius 2 is 2.04 bits per heavy atom. The number of aromatic nitrogens is 3. The summed E-state index contributed by atoms with van der Waals surface area (Å²) in [5, 5.41) is 4.63. The van der Waals surface area contributed by atoms with Gasteiger partial charge in [-0.2, -0.15) is 5.10 Å². The van der Waals surface area contributed by atoms with Crippen molar-refractivity contribution in [2.45, 2.75) is 32.9 Å². The van der Waals surface area contributed by atoms with Gasteiger partial charge in [0, 0.05) is 30.9 Å². The van der Waals surface area contributed by atoms with Crippen LogP contribution in [0.25, 0.3) is 11.5 Å². The number of aryl methyl sites for hydroxylation is 2. The fourth-order valence-electron chi connectivity index (χ4n) is 3.49. The molecule has 1 aliphatic rings. The van der Waals surface area contributed by atoms with Gasteiger partial charge in [-0.15, -0.1) is 0 Å². The highest BCUT2D eigenvalue weighted by molar-refractivity contribution is 5.52. The number of rotatable bonds is 4. The normalized spacial score (nSPS) is 18.3. The maximum atomic E-state index is 5.64. The number of nitrogens with zero attached hydrogens (tertiary/aromatic N) is 4. The van der Waals surface area contributed by atoms with Crippen LogP contribution in [0, 0.1) is 13.8 Å². The summed E-state index contributed by atoms with van der Waals surface area (Å²) in [5.41, 5.74) is 4.34. The summed E-state index contributed by atoms with van der Waals surface area (Å²) in [6.07, 6.45) is 2.91. The Labute approximate surface area is 141 Å². The molecular weight excluding hydrogens is 300 g/mol. The molecule has 24 heavy (non-hydrogen) atoms. The lowest BCUT2D eigenvalue weighted by Gasteiger charge is -2.15. The lowest BCUT2D eigenvalue weighted by Crippen LogP contribution is -2.22. The van der Waals surface area contributed by atoms with Crippen LogP contribution in [0.2, 0.25) is 0 Å². The molecule has 5 heteroatoms. The number of benzene rings is 1. The van der Waals surface area contributed by atoms with E-state index in [1.807, 2.05) is 30.3 Å². The fourth-order valence-corrected chi connectivity index (χ4v) is 3.49. The summed E-state index contributed by atoms with van der Waals surface area (Å²) in [5.74, 6) is 0.694. The molecule has 5 nitrogen and oxygen atoms in total. The minimum absolute atomic E-state index is 0.458. The summed E-state index contributed by atoms with van der Waals surface area (Å²) in [7, 11) is 0. The van der Waals surface area contributed by atoms with Gasteiger partial charge in [0.15, 0.2) is 0 Å². The zero-order valence-corrected chi connectivity index (χ0v) is 14.1. The number of oxazole rings is 1. The van der Waals surface area contributed by atoms with Crippen molar-refractivity contribution in [2.75, 3.05) is 13.1 Å². The minimum atomic E-state index is 0.458. The Kier molecular flexibility index (Phi) is 3.94. The van der Waals surface area contributed by atoms with E-state index < -0.39 is 0 Å². The topological polar surface area (TPSA) is 47.1 Å². The highest BCUT2D eigenvalue weighted by Gasteiger charge is 2.26. The molecule has 1 saturated heterocycles. The van der Waals surface area contributed by atoms with Crippen molar-refractivity contribution in [3.8, 4) is 11.5 Å². The van der Waals surface area contributed by atoms with Crippen LogP contribution in [0.3, 0.4) is 0 Å². The van der Waals surface area contributed by atoms with Crippen molar-refractivity contribution in [3.63, 3.8) is 0 Å². The molecule has 1 unspecified atom stereocenters. The molecule has 0 radical (unpaired) electrons. The van der Waals surface area contributed by atoms with E-state index in [1.165, 1.54) is 5.69 Å². The lowest BCUT2D eigenvalue weighted by molar-refractivity contribution is 0.306. The summed E-state index contributed by atoms with van der Waals surface area (Å²) >= 11 is 0. The summed E-state index contributed by atoms with van der Waals surface area (Å²) < 4.78 is 7.81. The van der Waals surface area contributed by atoms with Crippen molar-refractivity contribution in [1.29, 1.82) is 0 Å². The Morgan fingerprint density at radius 3 is 2.79 bits per heavy atom. The smallest absolute Gasteiger partial charge is 0.226 e. The maximum absolute atomic E-state index is 5.64. The first-order valence-electron chi connectivity index (χ1n) is 8.44. The molecule has 4 rings (SSSR count). The molecule has 0 spiro atoms. The molecule has 0 bridgehead atoms. The molecule has 3 heterocycles. The quantitative estimate of drug-likeness (QED) is 0.736. The monoisotopic (exact) mass is 322 g/mol. The lowest BCUT2D eigenvalue weighted by atomic mass is 10.2. The predicted molar refractivity (Wildman–Crippen MR) is 92.6 cm³/mol. The largest absolute Gasteiger partial charge is 0.444 e. The standard InChI is InChI=1S/C19H22N4O/c1-14-10-15(2)23(21-14)18-8-9-22(12-18)11-17-13-24-19(20-17)16-6-4-3-5-7-16/h3-7,10,13,18H,8-9,11-12H2,1-2H3. The molecule has 2 aromatic heterocycles. The number of hydrogen-bond donors (Lipinski definition) is 0. The maximum Gasteiger partial charge on any atom is 0.226 e. The van der Waals surface area contributed by atoms with E-state index in [9.17, 15) is 0 Å². The van der Waals surface area contributed by atoms with Crippen LogP contribution in [0.4, 0.5) is 0 Å². The van der Waals surface area contributed by atoms with Crippen LogP contribution in [-0.2, 0) is 6.54 Å².